The van der Waals surface area contributed by atoms with E-state index in [-0.39, 0.29) is 5.41 Å². The topological polar surface area (TPSA) is 0 Å². The average molecular weight is 425 g/mol. The molecule has 0 nitrogen and oxygen atoms in total. The lowest BCUT2D eigenvalue weighted by molar-refractivity contribution is 0.571. The summed E-state index contributed by atoms with van der Waals surface area (Å²) in [6.07, 6.45) is 0. The summed E-state index contributed by atoms with van der Waals surface area (Å²) < 4.78 is 0. The van der Waals surface area contributed by atoms with Crippen molar-refractivity contribution in [1.82, 2.24) is 0 Å². The van der Waals surface area contributed by atoms with Crippen LogP contribution in [0.3, 0.4) is 0 Å². The summed E-state index contributed by atoms with van der Waals surface area (Å²) >= 11 is 0. The zero-order valence-corrected chi connectivity index (χ0v) is 20.0. The molecule has 0 atom stereocenters. The maximum atomic E-state index is 3.25. The molecule has 0 aromatic heterocycles. The summed E-state index contributed by atoms with van der Waals surface area (Å²) in [6, 6.07) is 24.1. The SMILES string of the molecule is CC(C)C#Cc1ccc(C#Cc2ccc(C#Cc3ccc(C#CC(C)(C)C)cc3)cc2)cc1. The van der Waals surface area contributed by atoms with Gasteiger partial charge in [0.1, 0.15) is 0 Å². The summed E-state index contributed by atoms with van der Waals surface area (Å²) in [6.45, 7) is 10.5. The molecular formula is C33H28. The predicted molar refractivity (Wildman–Crippen MR) is 139 cm³/mol. The molecule has 3 rings (SSSR count). The van der Waals surface area contributed by atoms with Crippen LogP contribution >= 0.6 is 0 Å². The van der Waals surface area contributed by atoms with Crippen LogP contribution in [-0.2, 0) is 0 Å². The van der Waals surface area contributed by atoms with Crippen LogP contribution in [0.5, 0.6) is 0 Å². The molecule has 0 unspecified atom stereocenters. The zero-order valence-electron chi connectivity index (χ0n) is 20.0. The Labute approximate surface area is 199 Å². The third kappa shape index (κ3) is 8.51. The van der Waals surface area contributed by atoms with Crippen LogP contribution in [0.2, 0.25) is 0 Å². The van der Waals surface area contributed by atoms with Gasteiger partial charge in [0.2, 0.25) is 0 Å². The van der Waals surface area contributed by atoms with Gasteiger partial charge in [-0.15, -0.1) is 0 Å². The van der Waals surface area contributed by atoms with Gasteiger partial charge in [-0.25, -0.2) is 0 Å². The lowest BCUT2D eigenvalue weighted by atomic mass is 9.97. The minimum atomic E-state index is 0.00199. The van der Waals surface area contributed by atoms with Crippen LogP contribution in [-0.4, -0.2) is 0 Å². The van der Waals surface area contributed by atoms with Gasteiger partial charge in [-0.3, -0.25) is 0 Å². The van der Waals surface area contributed by atoms with E-state index in [9.17, 15) is 0 Å². The van der Waals surface area contributed by atoms with E-state index in [0.717, 1.165) is 33.4 Å². The van der Waals surface area contributed by atoms with E-state index in [4.69, 9.17) is 0 Å². The van der Waals surface area contributed by atoms with Crippen molar-refractivity contribution >= 4 is 0 Å². The summed E-state index contributed by atoms with van der Waals surface area (Å²) in [4.78, 5) is 0. The van der Waals surface area contributed by atoms with E-state index < -0.39 is 0 Å². The van der Waals surface area contributed by atoms with Gasteiger partial charge in [-0.05, 0) is 93.6 Å². The van der Waals surface area contributed by atoms with Gasteiger partial charge in [0, 0.05) is 44.7 Å². The standard InChI is InChI=1S/C33H28/c1-26(2)6-7-27-8-10-28(11-9-27)12-13-29-14-16-30(17-15-29)18-19-31-20-22-32(23-21-31)24-25-33(3,4)5/h8-11,14-17,20-23,26H,1-5H3. The van der Waals surface area contributed by atoms with Crippen LogP contribution in [0.1, 0.15) is 68.0 Å². The van der Waals surface area contributed by atoms with Crippen molar-refractivity contribution in [3.63, 3.8) is 0 Å². The molecule has 0 amide bonds. The van der Waals surface area contributed by atoms with Crippen molar-refractivity contribution in [2.45, 2.75) is 34.6 Å². The third-order valence-electron chi connectivity index (χ3n) is 4.44. The number of hydrogen-bond donors (Lipinski definition) is 0. The Morgan fingerprint density at radius 3 is 1.00 bits per heavy atom. The van der Waals surface area contributed by atoms with E-state index in [1.165, 1.54) is 0 Å². The second-order valence-electron chi connectivity index (χ2n) is 9.16. The number of benzene rings is 3. The fraction of sp³-hybridized carbons (Fsp3) is 0.212. The molecule has 0 aliphatic rings. The van der Waals surface area contributed by atoms with Gasteiger partial charge >= 0.3 is 0 Å². The van der Waals surface area contributed by atoms with Crippen molar-refractivity contribution in [1.29, 1.82) is 0 Å². The molecule has 0 saturated carbocycles. The molecule has 0 aliphatic heterocycles. The normalized spacial score (nSPS) is 9.88. The molecule has 0 fully saturated rings. The quantitative estimate of drug-likeness (QED) is 0.345. The first kappa shape index (κ1) is 23.6. The molecule has 0 bridgehead atoms. The van der Waals surface area contributed by atoms with Crippen LogP contribution in [0, 0.1) is 58.7 Å². The van der Waals surface area contributed by atoms with Gasteiger partial charge in [-0.2, -0.15) is 0 Å². The predicted octanol–water partition coefficient (Wildman–Crippen LogP) is 6.89. The van der Waals surface area contributed by atoms with Crippen molar-refractivity contribution in [3.8, 4) is 47.4 Å². The molecule has 0 spiro atoms. The zero-order chi connectivity index (χ0) is 23.7. The first-order chi connectivity index (χ1) is 15.8. The van der Waals surface area contributed by atoms with Gasteiger partial charge in [-0.1, -0.05) is 61.2 Å². The highest BCUT2D eigenvalue weighted by molar-refractivity contribution is 5.49. The Morgan fingerprint density at radius 1 is 0.455 bits per heavy atom. The Kier molecular flexibility index (Phi) is 7.83. The van der Waals surface area contributed by atoms with E-state index in [0.29, 0.717) is 5.92 Å². The molecule has 0 aliphatic carbocycles. The largest absolute Gasteiger partial charge is 0.0951 e. The molecule has 3 aromatic carbocycles. The summed E-state index contributed by atoms with van der Waals surface area (Å²) in [5.74, 6) is 26.0. The highest BCUT2D eigenvalue weighted by Gasteiger charge is 2.03. The lowest BCUT2D eigenvalue weighted by Crippen LogP contribution is -1.99. The fourth-order valence-electron chi connectivity index (χ4n) is 2.69. The Balaban J connectivity index is 1.64. The van der Waals surface area contributed by atoms with Gasteiger partial charge in [0.15, 0.2) is 0 Å². The first-order valence-corrected chi connectivity index (χ1v) is 11.2. The Morgan fingerprint density at radius 2 is 0.727 bits per heavy atom. The van der Waals surface area contributed by atoms with Crippen LogP contribution in [0.15, 0.2) is 72.8 Å². The summed E-state index contributed by atoms with van der Waals surface area (Å²) in [5.41, 5.74) is 5.91. The van der Waals surface area contributed by atoms with Gasteiger partial charge in [0.25, 0.3) is 0 Å². The highest BCUT2D eigenvalue weighted by atomic mass is 14.1. The maximum Gasteiger partial charge on any atom is 0.0249 e. The Bertz CT molecular complexity index is 1330. The molecule has 0 radical (unpaired) electrons. The first-order valence-electron chi connectivity index (χ1n) is 11.2. The van der Waals surface area contributed by atoms with Crippen molar-refractivity contribution in [2.24, 2.45) is 11.3 Å². The van der Waals surface area contributed by atoms with E-state index in [1.807, 2.05) is 72.8 Å². The molecule has 160 valence electrons. The molecule has 0 N–H and O–H groups in total. The molecular weight excluding hydrogens is 396 g/mol. The smallest absolute Gasteiger partial charge is 0.0249 e. The minimum Gasteiger partial charge on any atom is -0.0951 e. The van der Waals surface area contributed by atoms with Crippen LogP contribution in [0.25, 0.3) is 0 Å². The lowest BCUT2D eigenvalue weighted by Gasteiger charge is -2.06. The second kappa shape index (κ2) is 11.0. The third-order valence-corrected chi connectivity index (χ3v) is 4.44. The molecule has 0 saturated heterocycles. The summed E-state index contributed by atoms with van der Waals surface area (Å²) in [5, 5.41) is 0. The van der Waals surface area contributed by atoms with E-state index >= 15 is 0 Å². The van der Waals surface area contributed by atoms with E-state index in [2.05, 4.69) is 82.0 Å². The molecule has 33 heavy (non-hydrogen) atoms. The average Bonchev–Trinajstić information content (AvgIpc) is 2.80. The maximum absolute atomic E-state index is 3.25. The van der Waals surface area contributed by atoms with Gasteiger partial charge in [0.05, 0.1) is 0 Å². The second-order valence-corrected chi connectivity index (χ2v) is 9.16. The van der Waals surface area contributed by atoms with Gasteiger partial charge < -0.3 is 0 Å². The minimum absolute atomic E-state index is 0.00199. The van der Waals surface area contributed by atoms with Crippen LogP contribution in [0.4, 0.5) is 0 Å². The molecule has 3 aromatic rings. The van der Waals surface area contributed by atoms with Crippen molar-refractivity contribution < 1.29 is 0 Å². The fourth-order valence-corrected chi connectivity index (χ4v) is 2.69. The number of rotatable bonds is 0. The van der Waals surface area contributed by atoms with Crippen molar-refractivity contribution in [3.05, 3.63) is 106 Å². The summed E-state index contributed by atoms with van der Waals surface area (Å²) in [7, 11) is 0. The van der Waals surface area contributed by atoms with Crippen LogP contribution < -0.4 is 0 Å². The molecule has 0 heteroatoms. The molecule has 0 heterocycles. The monoisotopic (exact) mass is 424 g/mol. The van der Waals surface area contributed by atoms with E-state index in [1.54, 1.807) is 0 Å². The highest BCUT2D eigenvalue weighted by Crippen LogP contribution is 2.11. The number of hydrogen-bond acceptors (Lipinski definition) is 0. The van der Waals surface area contributed by atoms with Crippen molar-refractivity contribution in [2.75, 3.05) is 0 Å². The Hall–Kier alpha value is -4.10.